The van der Waals surface area contributed by atoms with E-state index in [4.69, 9.17) is 5.11 Å². The maximum Gasteiger partial charge on any atom is 0.120 e. The van der Waals surface area contributed by atoms with Crippen molar-refractivity contribution in [2.75, 3.05) is 6.61 Å². The summed E-state index contributed by atoms with van der Waals surface area (Å²) in [5.74, 6) is 0.687. The molecule has 0 amide bonds. The third-order valence-electron chi connectivity index (χ3n) is 2.66. The van der Waals surface area contributed by atoms with Crippen molar-refractivity contribution in [1.29, 1.82) is 0 Å². The van der Waals surface area contributed by atoms with E-state index in [0.29, 0.717) is 18.9 Å². The van der Waals surface area contributed by atoms with Crippen LogP contribution >= 0.6 is 0 Å². The second-order valence-electron chi connectivity index (χ2n) is 4.30. The smallest absolute Gasteiger partial charge is 0.120 e. The Kier molecular flexibility index (Phi) is 9.49. The summed E-state index contributed by atoms with van der Waals surface area (Å²) in [7, 11) is 0. The summed E-state index contributed by atoms with van der Waals surface area (Å²) in [6, 6.07) is 0. The van der Waals surface area contributed by atoms with Crippen molar-refractivity contribution < 1.29 is 9.90 Å². The number of aliphatic hydroxyl groups excluding tert-OH is 1. The number of carbonyl (C=O) groups excluding carboxylic acids is 1. The fourth-order valence-corrected chi connectivity index (χ4v) is 1.59. The second kappa shape index (κ2) is 9.91. The van der Waals surface area contributed by atoms with E-state index in [2.05, 4.69) is 19.9 Å². The zero-order chi connectivity index (χ0) is 11.5. The monoisotopic (exact) mass is 212 g/mol. The normalized spacial score (nSPS) is 13.9. The molecule has 0 saturated heterocycles. The van der Waals surface area contributed by atoms with Gasteiger partial charge in [-0.15, -0.1) is 0 Å². The van der Waals surface area contributed by atoms with Crippen LogP contribution in [0.25, 0.3) is 0 Å². The number of aliphatic hydroxyl groups is 1. The van der Waals surface area contributed by atoms with Crippen LogP contribution in [0.4, 0.5) is 0 Å². The molecule has 1 unspecified atom stereocenters. The number of carbonyl (C=O) groups is 1. The van der Waals surface area contributed by atoms with E-state index < -0.39 is 0 Å². The van der Waals surface area contributed by atoms with Gasteiger partial charge in [0.25, 0.3) is 0 Å². The van der Waals surface area contributed by atoms with Gasteiger partial charge in [-0.2, -0.15) is 0 Å². The van der Waals surface area contributed by atoms with E-state index in [-0.39, 0.29) is 0 Å². The first-order valence-electron chi connectivity index (χ1n) is 5.90. The van der Waals surface area contributed by atoms with Gasteiger partial charge in [0, 0.05) is 13.0 Å². The Labute approximate surface area is 93.4 Å². The molecule has 0 rings (SSSR count). The molecule has 1 atom stereocenters. The molecule has 0 saturated carbocycles. The zero-order valence-corrected chi connectivity index (χ0v) is 10.0. The highest BCUT2D eigenvalue weighted by Crippen LogP contribution is 2.14. The lowest BCUT2D eigenvalue weighted by atomic mass is 9.99. The Hall–Kier alpha value is -0.630. The Morgan fingerprint density at radius 1 is 1.33 bits per heavy atom. The van der Waals surface area contributed by atoms with Crippen LogP contribution in [-0.2, 0) is 4.79 Å². The summed E-state index contributed by atoms with van der Waals surface area (Å²) in [4.78, 5) is 10.2. The molecule has 0 spiro atoms. The zero-order valence-electron chi connectivity index (χ0n) is 10.0. The lowest BCUT2D eigenvalue weighted by molar-refractivity contribution is -0.107. The molecule has 0 aliphatic heterocycles. The Morgan fingerprint density at radius 2 is 2.07 bits per heavy atom. The first-order valence-corrected chi connectivity index (χ1v) is 5.90. The van der Waals surface area contributed by atoms with Gasteiger partial charge >= 0.3 is 0 Å². The van der Waals surface area contributed by atoms with E-state index in [1.807, 2.05) is 0 Å². The van der Waals surface area contributed by atoms with Gasteiger partial charge in [0.05, 0.1) is 0 Å². The van der Waals surface area contributed by atoms with Crippen molar-refractivity contribution in [3.63, 3.8) is 0 Å². The van der Waals surface area contributed by atoms with E-state index in [0.717, 1.165) is 32.0 Å². The molecule has 15 heavy (non-hydrogen) atoms. The molecule has 88 valence electrons. The molecule has 0 aliphatic carbocycles. The Balaban J connectivity index is 3.52. The second-order valence-corrected chi connectivity index (χ2v) is 4.30. The predicted octanol–water partition coefficient (Wildman–Crippen LogP) is 3.10. The van der Waals surface area contributed by atoms with Crippen molar-refractivity contribution in [1.82, 2.24) is 0 Å². The Morgan fingerprint density at radius 3 is 2.67 bits per heavy atom. The molecule has 0 aromatic carbocycles. The molecular formula is C13H24O2. The van der Waals surface area contributed by atoms with Crippen LogP contribution in [0.5, 0.6) is 0 Å². The number of rotatable bonds is 9. The van der Waals surface area contributed by atoms with Crippen molar-refractivity contribution in [2.24, 2.45) is 5.92 Å². The van der Waals surface area contributed by atoms with Gasteiger partial charge in [0.1, 0.15) is 6.29 Å². The third-order valence-corrected chi connectivity index (χ3v) is 2.66. The van der Waals surface area contributed by atoms with Gasteiger partial charge < -0.3 is 9.90 Å². The SMILES string of the molecule is C/C(=C\CCC(C)CCCO)CCC=O. The average Bonchev–Trinajstić information content (AvgIpc) is 2.23. The molecular weight excluding hydrogens is 188 g/mol. The van der Waals surface area contributed by atoms with Gasteiger partial charge in [0.15, 0.2) is 0 Å². The van der Waals surface area contributed by atoms with Crippen LogP contribution in [0, 0.1) is 5.92 Å². The van der Waals surface area contributed by atoms with Crippen molar-refractivity contribution >= 4 is 6.29 Å². The number of hydrogen-bond acceptors (Lipinski definition) is 2. The average molecular weight is 212 g/mol. The summed E-state index contributed by atoms with van der Waals surface area (Å²) in [6.45, 7) is 4.62. The van der Waals surface area contributed by atoms with E-state index in [1.165, 1.54) is 12.0 Å². The van der Waals surface area contributed by atoms with Gasteiger partial charge in [0.2, 0.25) is 0 Å². The Bertz CT molecular complexity index is 185. The maximum atomic E-state index is 10.2. The van der Waals surface area contributed by atoms with E-state index >= 15 is 0 Å². The van der Waals surface area contributed by atoms with Crippen molar-refractivity contribution in [2.45, 2.75) is 52.4 Å². The highest BCUT2D eigenvalue weighted by molar-refractivity contribution is 5.49. The minimum Gasteiger partial charge on any atom is -0.396 e. The van der Waals surface area contributed by atoms with Gasteiger partial charge in [-0.3, -0.25) is 0 Å². The quantitative estimate of drug-likeness (QED) is 0.471. The van der Waals surface area contributed by atoms with Crippen molar-refractivity contribution in [3.8, 4) is 0 Å². The van der Waals surface area contributed by atoms with Gasteiger partial charge in [-0.25, -0.2) is 0 Å². The highest BCUT2D eigenvalue weighted by Gasteiger charge is 2.00. The summed E-state index contributed by atoms with van der Waals surface area (Å²) < 4.78 is 0. The number of hydrogen-bond donors (Lipinski definition) is 1. The summed E-state index contributed by atoms with van der Waals surface area (Å²) in [5, 5.41) is 8.68. The summed E-state index contributed by atoms with van der Waals surface area (Å²) in [6.07, 6.45) is 9.04. The third kappa shape index (κ3) is 9.67. The van der Waals surface area contributed by atoms with Gasteiger partial charge in [-0.1, -0.05) is 18.6 Å². The van der Waals surface area contributed by atoms with E-state index in [1.54, 1.807) is 0 Å². The number of allylic oxidation sites excluding steroid dienone is 2. The molecule has 0 aromatic heterocycles. The molecule has 2 nitrogen and oxygen atoms in total. The first kappa shape index (κ1) is 14.4. The lowest BCUT2D eigenvalue weighted by Crippen LogP contribution is -1.96. The molecule has 0 radical (unpaired) electrons. The minimum atomic E-state index is 0.304. The fraction of sp³-hybridized carbons (Fsp3) is 0.769. The fourth-order valence-electron chi connectivity index (χ4n) is 1.59. The van der Waals surface area contributed by atoms with E-state index in [9.17, 15) is 4.79 Å². The first-order chi connectivity index (χ1) is 7.20. The number of aldehydes is 1. The minimum absolute atomic E-state index is 0.304. The molecule has 0 aromatic rings. The van der Waals surface area contributed by atoms with Crippen LogP contribution in [-0.4, -0.2) is 18.0 Å². The molecule has 1 N–H and O–H groups in total. The van der Waals surface area contributed by atoms with Crippen molar-refractivity contribution in [3.05, 3.63) is 11.6 Å². The van der Waals surface area contributed by atoms with Gasteiger partial charge in [-0.05, 0) is 44.9 Å². The highest BCUT2D eigenvalue weighted by atomic mass is 16.2. The van der Waals surface area contributed by atoms with Crippen LogP contribution in [0.2, 0.25) is 0 Å². The predicted molar refractivity (Wildman–Crippen MR) is 63.8 cm³/mol. The lowest BCUT2D eigenvalue weighted by Gasteiger charge is -2.08. The maximum absolute atomic E-state index is 10.2. The molecule has 0 fully saturated rings. The largest absolute Gasteiger partial charge is 0.396 e. The molecule has 0 bridgehead atoms. The van der Waals surface area contributed by atoms with Crippen LogP contribution in [0.15, 0.2) is 11.6 Å². The topological polar surface area (TPSA) is 37.3 Å². The molecule has 0 aliphatic rings. The summed E-state index contributed by atoms with van der Waals surface area (Å²) >= 11 is 0. The standard InChI is InChI=1S/C13H24O2/c1-12(8-4-10-14)6-3-7-13(2)9-5-11-15/h6,10,13,15H,3-5,7-9,11H2,1-2H3/b12-6+. The molecule has 0 heterocycles. The van der Waals surface area contributed by atoms with Crippen LogP contribution in [0.1, 0.15) is 52.4 Å². The van der Waals surface area contributed by atoms with Crippen LogP contribution in [0.3, 0.4) is 0 Å². The summed E-state index contributed by atoms with van der Waals surface area (Å²) in [5.41, 5.74) is 1.32. The molecule has 2 heteroatoms. The van der Waals surface area contributed by atoms with Crippen LogP contribution < -0.4 is 0 Å².